The number of hydrogen-bond acceptors (Lipinski definition) is 3. The van der Waals surface area contributed by atoms with Crippen LogP contribution in [0.5, 0.6) is 0 Å². The van der Waals surface area contributed by atoms with E-state index < -0.39 is 15.3 Å². The Morgan fingerprint density at radius 3 is 2.44 bits per heavy atom. The molecule has 0 saturated carbocycles. The van der Waals surface area contributed by atoms with Gasteiger partial charge in [-0.05, 0) is 24.5 Å². The fraction of sp³-hybridized carbons (Fsp3) is 0.538. The summed E-state index contributed by atoms with van der Waals surface area (Å²) in [7, 11) is -1.70. The fourth-order valence-electron chi connectivity index (χ4n) is 1.87. The molecular formula is C13H22N2O2S. The van der Waals surface area contributed by atoms with Crippen LogP contribution in [0.4, 0.5) is 0 Å². The first-order valence-electron chi connectivity index (χ1n) is 6.13. The summed E-state index contributed by atoms with van der Waals surface area (Å²) in [4.78, 5) is 0. The van der Waals surface area contributed by atoms with E-state index in [2.05, 4.69) is 0 Å². The quantitative estimate of drug-likeness (QED) is 0.852. The summed E-state index contributed by atoms with van der Waals surface area (Å²) in [5.41, 5.74) is 7.65. The largest absolute Gasteiger partial charge is 0.329 e. The summed E-state index contributed by atoms with van der Waals surface area (Å²) >= 11 is 0. The van der Waals surface area contributed by atoms with E-state index in [4.69, 9.17) is 5.73 Å². The average Bonchev–Trinajstić information content (AvgIpc) is 2.33. The lowest BCUT2D eigenvalue weighted by Gasteiger charge is -2.23. The number of nitrogens with zero attached hydrogens (tertiary/aromatic N) is 1. The lowest BCUT2D eigenvalue weighted by atomic mass is 10.1. The van der Waals surface area contributed by atoms with Crippen LogP contribution in [0.2, 0.25) is 0 Å². The molecule has 1 aromatic rings. The van der Waals surface area contributed by atoms with E-state index >= 15 is 0 Å². The summed E-state index contributed by atoms with van der Waals surface area (Å²) in [5, 5.41) is -0.494. The third kappa shape index (κ3) is 3.31. The van der Waals surface area contributed by atoms with Crippen LogP contribution in [0, 0.1) is 6.92 Å². The minimum atomic E-state index is -3.31. The fourth-order valence-corrected chi connectivity index (χ4v) is 3.36. The molecule has 2 N–H and O–H groups in total. The smallest absolute Gasteiger partial charge is 0.218 e. The number of sulfonamides is 1. The molecule has 0 aromatic heterocycles. The molecule has 0 radical (unpaired) electrons. The Bertz CT molecular complexity index is 482. The molecule has 4 nitrogen and oxygen atoms in total. The maximum absolute atomic E-state index is 12.3. The van der Waals surface area contributed by atoms with Crippen molar-refractivity contribution in [2.45, 2.75) is 32.1 Å². The second-order valence-corrected chi connectivity index (χ2v) is 6.81. The van der Waals surface area contributed by atoms with Crippen LogP contribution < -0.4 is 5.73 Å². The van der Waals surface area contributed by atoms with Gasteiger partial charge in [-0.15, -0.1) is 0 Å². The van der Waals surface area contributed by atoms with E-state index in [9.17, 15) is 8.42 Å². The zero-order valence-electron chi connectivity index (χ0n) is 11.3. The van der Waals surface area contributed by atoms with Crippen molar-refractivity contribution in [1.29, 1.82) is 0 Å². The first-order valence-corrected chi connectivity index (χ1v) is 7.63. The lowest BCUT2D eigenvalue weighted by molar-refractivity contribution is 0.452. The molecule has 102 valence electrons. The van der Waals surface area contributed by atoms with Gasteiger partial charge in [-0.1, -0.05) is 31.2 Å². The van der Waals surface area contributed by atoms with Crippen LogP contribution in [-0.4, -0.2) is 31.6 Å². The number of nitrogens with two attached hydrogens (primary N) is 1. The van der Waals surface area contributed by atoms with Crippen molar-refractivity contribution in [1.82, 2.24) is 4.31 Å². The molecule has 0 bridgehead atoms. The molecular weight excluding hydrogens is 248 g/mol. The summed E-state index contributed by atoms with van der Waals surface area (Å²) < 4.78 is 25.9. The number of hydrogen-bond donors (Lipinski definition) is 1. The van der Waals surface area contributed by atoms with E-state index in [-0.39, 0.29) is 6.54 Å². The highest BCUT2D eigenvalue weighted by Gasteiger charge is 2.27. The highest BCUT2D eigenvalue weighted by Crippen LogP contribution is 2.15. The van der Waals surface area contributed by atoms with Gasteiger partial charge in [-0.25, -0.2) is 12.7 Å². The van der Waals surface area contributed by atoms with Crippen molar-refractivity contribution in [3.63, 3.8) is 0 Å². The van der Waals surface area contributed by atoms with Gasteiger partial charge in [0, 0.05) is 20.1 Å². The van der Waals surface area contributed by atoms with Crippen LogP contribution in [0.3, 0.4) is 0 Å². The Kier molecular flexibility index (Phi) is 5.31. The zero-order valence-corrected chi connectivity index (χ0v) is 12.1. The molecule has 0 fully saturated rings. The van der Waals surface area contributed by atoms with Crippen molar-refractivity contribution in [2.75, 3.05) is 13.6 Å². The molecule has 0 heterocycles. The maximum atomic E-state index is 12.3. The molecule has 1 aromatic carbocycles. The molecule has 1 rings (SSSR count). The molecule has 5 heteroatoms. The highest BCUT2D eigenvalue weighted by atomic mass is 32.2. The van der Waals surface area contributed by atoms with Gasteiger partial charge in [0.2, 0.25) is 10.0 Å². The minimum Gasteiger partial charge on any atom is -0.329 e. The lowest BCUT2D eigenvalue weighted by Crippen LogP contribution is -2.39. The van der Waals surface area contributed by atoms with E-state index in [0.717, 1.165) is 11.1 Å². The van der Waals surface area contributed by atoms with Crippen LogP contribution in [0.1, 0.15) is 24.5 Å². The monoisotopic (exact) mass is 270 g/mol. The van der Waals surface area contributed by atoms with Gasteiger partial charge in [0.15, 0.2) is 0 Å². The molecule has 0 aliphatic heterocycles. The summed E-state index contributed by atoms with van der Waals surface area (Å²) in [6, 6.07) is 7.80. The van der Waals surface area contributed by atoms with Crippen molar-refractivity contribution in [3.05, 3.63) is 35.4 Å². The van der Waals surface area contributed by atoms with Crippen LogP contribution in [0.15, 0.2) is 24.3 Å². The van der Waals surface area contributed by atoms with Gasteiger partial charge < -0.3 is 5.73 Å². The number of rotatable bonds is 6. The third-order valence-corrected chi connectivity index (χ3v) is 5.59. The maximum Gasteiger partial charge on any atom is 0.218 e. The predicted molar refractivity (Wildman–Crippen MR) is 74.7 cm³/mol. The second-order valence-electron chi connectivity index (χ2n) is 4.49. The topological polar surface area (TPSA) is 63.4 Å². The van der Waals surface area contributed by atoms with Gasteiger partial charge in [-0.3, -0.25) is 0 Å². The Morgan fingerprint density at radius 1 is 1.33 bits per heavy atom. The Hall–Kier alpha value is -0.910. The van der Waals surface area contributed by atoms with Crippen LogP contribution >= 0.6 is 0 Å². The zero-order chi connectivity index (χ0) is 13.8. The summed E-state index contributed by atoms with van der Waals surface area (Å²) in [6.07, 6.45) is 0.539. The first-order chi connectivity index (χ1) is 8.43. The van der Waals surface area contributed by atoms with Crippen molar-refractivity contribution in [3.8, 4) is 0 Å². The van der Waals surface area contributed by atoms with Crippen molar-refractivity contribution >= 4 is 10.0 Å². The molecule has 0 aliphatic rings. The van der Waals surface area contributed by atoms with Gasteiger partial charge in [0.25, 0.3) is 0 Å². The molecule has 1 atom stereocenters. The van der Waals surface area contributed by atoms with Gasteiger partial charge in [0.1, 0.15) is 0 Å². The van der Waals surface area contributed by atoms with E-state index in [1.807, 2.05) is 38.1 Å². The molecule has 0 amide bonds. The Labute approximate surface area is 110 Å². The standard InChI is InChI=1S/C13H22N2O2S/c1-4-13(9-14)18(16,17)15(3)10-12-8-6-5-7-11(12)2/h5-8,13H,4,9-10,14H2,1-3H3. The number of benzene rings is 1. The third-order valence-electron chi connectivity index (χ3n) is 3.23. The molecule has 18 heavy (non-hydrogen) atoms. The molecule has 0 aliphatic carbocycles. The van der Waals surface area contributed by atoms with Crippen molar-refractivity contribution < 1.29 is 8.42 Å². The first kappa shape index (κ1) is 15.1. The van der Waals surface area contributed by atoms with Crippen LogP contribution in [-0.2, 0) is 16.6 Å². The van der Waals surface area contributed by atoms with Gasteiger partial charge in [0.05, 0.1) is 5.25 Å². The van der Waals surface area contributed by atoms with Gasteiger partial charge in [-0.2, -0.15) is 0 Å². The SMILES string of the molecule is CCC(CN)S(=O)(=O)N(C)Cc1ccccc1C. The minimum absolute atomic E-state index is 0.164. The summed E-state index contributed by atoms with van der Waals surface area (Å²) in [5.74, 6) is 0. The van der Waals surface area contributed by atoms with Crippen LogP contribution in [0.25, 0.3) is 0 Å². The molecule has 0 saturated heterocycles. The molecule has 0 spiro atoms. The normalized spacial score (nSPS) is 13.8. The second kappa shape index (κ2) is 6.31. The van der Waals surface area contributed by atoms with Gasteiger partial charge >= 0.3 is 0 Å². The predicted octanol–water partition coefficient (Wildman–Crippen LogP) is 1.49. The van der Waals surface area contributed by atoms with E-state index in [1.54, 1.807) is 7.05 Å². The average molecular weight is 270 g/mol. The highest BCUT2D eigenvalue weighted by molar-refractivity contribution is 7.89. The van der Waals surface area contributed by atoms with E-state index in [0.29, 0.717) is 13.0 Å². The number of aryl methyl sites for hydroxylation is 1. The Morgan fingerprint density at radius 2 is 1.94 bits per heavy atom. The molecule has 1 unspecified atom stereocenters. The Balaban J connectivity index is 2.89. The van der Waals surface area contributed by atoms with Crippen molar-refractivity contribution in [2.24, 2.45) is 5.73 Å². The van der Waals surface area contributed by atoms with E-state index in [1.165, 1.54) is 4.31 Å². The summed E-state index contributed by atoms with van der Waals surface area (Å²) in [6.45, 7) is 4.38.